The maximum Gasteiger partial charge on any atom is 0.242 e. The van der Waals surface area contributed by atoms with Crippen molar-refractivity contribution in [1.82, 2.24) is 15.5 Å². The molecule has 0 unspecified atom stereocenters. The molecule has 1 heterocycles. The topological polar surface area (TPSA) is 61.4 Å². The molecule has 17 heavy (non-hydrogen) atoms. The zero-order valence-corrected chi connectivity index (χ0v) is 11.3. The molecule has 1 fully saturated rings. The Morgan fingerprint density at radius 3 is 2.76 bits per heavy atom. The van der Waals surface area contributed by atoms with E-state index in [9.17, 15) is 9.59 Å². The van der Waals surface area contributed by atoms with Crippen LogP contribution in [0, 0.1) is 0 Å². The summed E-state index contributed by atoms with van der Waals surface area (Å²) in [4.78, 5) is 24.8. The third-order valence-corrected chi connectivity index (χ3v) is 2.74. The Hall–Kier alpha value is -0.810. The summed E-state index contributed by atoms with van der Waals surface area (Å²) in [7, 11) is 0. The maximum absolute atomic E-state index is 11.8. The fraction of sp³-hybridized carbons (Fsp3) is 0.818. The van der Waals surface area contributed by atoms with Crippen LogP contribution in [0.2, 0.25) is 0 Å². The first kappa shape index (κ1) is 16.2. The van der Waals surface area contributed by atoms with Crippen LogP contribution in [-0.2, 0) is 9.59 Å². The lowest BCUT2D eigenvalue weighted by molar-refractivity contribution is -0.135. The van der Waals surface area contributed by atoms with Crippen LogP contribution in [0.3, 0.4) is 0 Å². The van der Waals surface area contributed by atoms with Crippen molar-refractivity contribution >= 4 is 24.2 Å². The van der Waals surface area contributed by atoms with Gasteiger partial charge in [-0.25, -0.2) is 0 Å². The summed E-state index contributed by atoms with van der Waals surface area (Å²) >= 11 is 0. The van der Waals surface area contributed by atoms with Gasteiger partial charge in [-0.2, -0.15) is 0 Å². The van der Waals surface area contributed by atoms with E-state index in [1.54, 1.807) is 0 Å². The zero-order valence-electron chi connectivity index (χ0n) is 10.5. The van der Waals surface area contributed by atoms with Gasteiger partial charge in [0.05, 0.1) is 6.54 Å². The molecule has 6 heteroatoms. The van der Waals surface area contributed by atoms with Crippen LogP contribution in [0.4, 0.5) is 0 Å². The molecular formula is C11H22ClN3O2. The first-order valence-electron chi connectivity index (χ1n) is 5.92. The van der Waals surface area contributed by atoms with Crippen LogP contribution < -0.4 is 10.6 Å². The van der Waals surface area contributed by atoms with E-state index in [1.165, 1.54) is 0 Å². The minimum atomic E-state index is -0.0429. The molecule has 1 atom stereocenters. The number of carbonyl (C=O) groups excluding carboxylic acids is 2. The molecule has 2 N–H and O–H groups in total. The maximum atomic E-state index is 11.8. The summed E-state index contributed by atoms with van der Waals surface area (Å²) in [6, 6.07) is 0.212. The summed E-state index contributed by atoms with van der Waals surface area (Å²) < 4.78 is 0. The lowest BCUT2D eigenvalue weighted by Crippen LogP contribution is -2.54. The largest absolute Gasteiger partial charge is 0.347 e. The molecule has 100 valence electrons. The van der Waals surface area contributed by atoms with Gasteiger partial charge >= 0.3 is 0 Å². The highest BCUT2D eigenvalue weighted by atomic mass is 35.5. The van der Waals surface area contributed by atoms with Gasteiger partial charge in [0.2, 0.25) is 11.8 Å². The Labute approximate surface area is 109 Å². The summed E-state index contributed by atoms with van der Waals surface area (Å²) in [6.07, 6.45) is 1.30. The van der Waals surface area contributed by atoms with Gasteiger partial charge in [-0.3, -0.25) is 9.59 Å². The average Bonchev–Trinajstić information content (AvgIpc) is 2.27. The van der Waals surface area contributed by atoms with Crippen molar-refractivity contribution in [2.75, 3.05) is 26.2 Å². The molecule has 0 bridgehead atoms. The zero-order chi connectivity index (χ0) is 12.0. The van der Waals surface area contributed by atoms with Crippen molar-refractivity contribution in [1.29, 1.82) is 0 Å². The van der Waals surface area contributed by atoms with E-state index >= 15 is 0 Å². The number of nitrogens with zero attached hydrogens (tertiary/aromatic N) is 1. The van der Waals surface area contributed by atoms with E-state index in [1.807, 2.05) is 18.7 Å². The third-order valence-electron chi connectivity index (χ3n) is 2.74. The summed E-state index contributed by atoms with van der Waals surface area (Å²) in [5.41, 5.74) is 0. The Morgan fingerprint density at radius 2 is 2.18 bits per heavy atom. The van der Waals surface area contributed by atoms with Crippen molar-refractivity contribution in [3.63, 3.8) is 0 Å². The van der Waals surface area contributed by atoms with Gasteiger partial charge in [0.15, 0.2) is 0 Å². The predicted octanol–water partition coefficient (Wildman–Crippen LogP) is 0.145. The Bertz CT molecular complexity index is 261. The summed E-state index contributed by atoms with van der Waals surface area (Å²) in [5.74, 6) is -0.0305. The number of carbonyl (C=O) groups is 2. The molecular weight excluding hydrogens is 242 g/mol. The van der Waals surface area contributed by atoms with E-state index in [2.05, 4.69) is 10.6 Å². The van der Waals surface area contributed by atoms with Crippen molar-refractivity contribution in [3.05, 3.63) is 0 Å². The monoisotopic (exact) mass is 263 g/mol. The fourth-order valence-electron chi connectivity index (χ4n) is 1.80. The van der Waals surface area contributed by atoms with Crippen LogP contribution in [0.1, 0.15) is 26.7 Å². The van der Waals surface area contributed by atoms with Gasteiger partial charge in [-0.15, -0.1) is 12.4 Å². The lowest BCUT2D eigenvalue weighted by atomic mass is 10.2. The van der Waals surface area contributed by atoms with Crippen LogP contribution in [0.25, 0.3) is 0 Å². The molecule has 0 aromatic carbocycles. The molecule has 1 rings (SSSR count). The van der Waals surface area contributed by atoms with E-state index in [0.29, 0.717) is 6.42 Å². The minimum Gasteiger partial charge on any atom is -0.347 e. The van der Waals surface area contributed by atoms with Gasteiger partial charge in [0, 0.05) is 32.1 Å². The van der Waals surface area contributed by atoms with Crippen molar-refractivity contribution in [2.45, 2.75) is 32.7 Å². The normalized spacial score (nSPS) is 19.4. The van der Waals surface area contributed by atoms with Crippen LogP contribution in [0.15, 0.2) is 0 Å². The van der Waals surface area contributed by atoms with Gasteiger partial charge in [0.1, 0.15) is 0 Å². The highest BCUT2D eigenvalue weighted by Gasteiger charge is 2.22. The minimum absolute atomic E-state index is 0. The van der Waals surface area contributed by atoms with E-state index in [-0.39, 0.29) is 36.8 Å². The number of piperazine rings is 1. The molecule has 0 aromatic heterocycles. The van der Waals surface area contributed by atoms with Crippen molar-refractivity contribution in [2.24, 2.45) is 0 Å². The molecule has 2 amide bonds. The standard InChI is InChI=1S/C11H21N3O2.ClH/c1-3-4-10(15)13-8-11(16)14-6-5-12-7-9(14)2;/h9,12H,3-8H2,1-2H3,(H,13,15);1H/t9-;/m0./s1. The molecule has 1 saturated heterocycles. The fourth-order valence-corrected chi connectivity index (χ4v) is 1.80. The van der Waals surface area contributed by atoms with Gasteiger partial charge in [0.25, 0.3) is 0 Å². The molecule has 0 spiro atoms. The number of halogens is 1. The smallest absolute Gasteiger partial charge is 0.242 e. The second-order valence-electron chi connectivity index (χ2n) is 4.17. The lowest BCUT2D eigenvalue weighted by Gasteiger charge is -2.34. The Morgan fingerprint density at radius 1 is 1.47 bits per heavy atom. The average molecular weight is 264 g/mol. The molecule has 1 aliphatic heterocycles. The third kappa shape index (κ3) is 5.37. The molecule has 0 aromatic rings. The van der Waals surface area contributed by atoms with Crippen LogP contribution in [-0.4, -0.2) is 48.9 Å². The molecule has 1 aliphatic rings. The Kier molecular flexibility index (Phi) is 7.91. The predicted molar refractivity (Wildman–Crippen MR) is 69.2 cm³/mol. The van der Waals surface area contributed by atoms with Gasteiger partial charge in [-0.05, 0) is 13.3 Å². The highest BCUT2D eigenvalue weighted by molar-refractivity contribution is 5.85. The van der Waals surface area contributed by atoms with Crippen LogP contribution >= 0.6 is 12.4 Å². The van der Waals surface area contributed by atoms with E-state index in [4.69, 9.17) is 0 Å². The quantitative estimate of drug-likeness (QED) is 0.759. The number of hydrogen-bond acceptors (Lipinski definition) is 3. The molecule has 0 aliphatic carbocycles. The Balaban J connectivity index is 0.00000256. The van der Waals surface area contributed by atoms with E-state index < -0.39 is 0 Å². The van der Waals surface area contributed by atoms with Crippen LogP contribution in [0.5, 0.6) is 0 Å². The number of hydrogen-bond donors (Lipinski definition) is 2. The second kappa shape index (κ2) is 8.31. The number of amides is 2. The van der Waals surface area contributed by atoms with Crippen molar-refractivity contribution < 1.29 is 9.59 Å². The molecule has 0 radical (unpaired) electrons. The number of nitrogens with one attached hydrogen (secondary N) is 2. The second-order valence-corrected chi connectivity index (χ2v) is 4.17. The first-order chi connectivity index (χ1) is 7.65. The first-order valence-corrected chi connectivity index (χ1v) is 5.92. The van der Waals surface area contributed by atoms with Crippen molar-refractivity contribution in [3.8, 4) is 0 Å². The van der Waals surface area contributed by atoms with Gasteiger partial charge < -0.3 is 15.5 Å². The van der Waals surface area contributed by atoms with Gasteiger partial charge in [-0.1, -0.05) is 6.92 Å². The summed E-state index contributed by atoms with van der Waals surface area (Å²) in [5, 5.41) is 5.87. The molecule has 0 saturated carbocycles. The van der Waals surface area contributed by atoms with E-state index in [0.717, 1.165) is 26.1 Å². The molecule has 5 nitrogen and oxygen atoms in total. The number of rotatable bonds is 4. The summed E-state index contributed by atoms with van der Waals surface area (Å²) in [6.45, 7) is 6.47. The highest BCUT2D eigenvalue weighted by Crippen LogP contribution is 2.02. The SMILES string of the molecule is CCCC(=O)NCC(=O)N1CCNC[C@@H]1C.Cl.